The van der Waals surface area contributed by atoms with Gasteiger partial charge in [0.2, 0.25) is 27.7 Å². The number of ketones is 1. The average molecular weight is 1140 g/mol. The molecule has 0 saturated carbocycles. The molecule has 22 heteroatoms. The molecular formula is C57H75N9O10S3. The molecule has 1 aromatic heterocycles. The molecule has 79 heavy (non-hydrogen) atoms. The Bertz CT molecular complexity index is 3020. The second-order valence-corrected chi connectivity index (χ2v) is 25.8. The van der Waals surface area contributed by atoms with Gasteiger partial charge < -0.3 is 31.7 Å². The highest BCUT2D eigenvalue weighted by Crippen LogP contribution is 2.33. The summed E-state index contributed by atoms with van der Waals surface area (Å²) in [6.45, 7) is 7.93. The van der Waals surface area contributed by atoms with E-state index in [-0.39, 0.29) is 79.0 Å². The summed E-state index contributed by atoms with van der Waals surface area (Å²) in [4.78, 5) is 64.7. The number of carbonyl (C=O) groups excluding carboxylic acids is 5. The number of aliphatic hydroxyl groups excluding tert-OH is 1. The summed E-state index contributed by atoms with van der Waals surface area (Å²) < 4.78 is 51.6. The SMILES string of the molecule is CC(C)CN(CC(O)[C@H](C)n1cc(CNC(=O)[C@H](Cc2ccc(C(=O)c3ccccc3)cc2)NC(=O)CCCCCNC(=O)CCCC[C@@H]2SC[C@@H]3NC(=O)N[C@@H]32)nn1)S(=O)(=O)c1ccccc1.Cc1ccc(S(C)(=O)=O)cc1. The number of sulfonamides is 1. The number of aryl methyl sites for hydroxylation is 1. The van der Waals surface area contributed by atoms with Crippen LogP contribution in [0.4, 0.5) is 4.79 Å². The van der Waals surface area contributed by atoms with Crippen LogP contribution in [-0.2, 0) is 47.2 Å². The van der Waals surface area contributed by atoms with Crippen LogP contribution < -0.4 is 26.6 Å². The number of carbonyl (C=O) groups is 5. The number of aromatic nitrogens is 3. The molecule has 0 bridgehead atoms. The fourth-order valence-corrected chi connectivity index (χ4v) is 12.9. The Kier molecular flexibility index (Phi) is 23.2. The topological polar surface area (TPSA) is 268 Å². The van der Waals surface area contributed by atoms with Crippen molar-refractivity contribution in [1.29, 1.82) is 0 Å². The lowest BCUT2D eigenvalue weighted by atomic mass is 9.99. The lowest BCUT2D eigenvalue weighted by Gasteiger charge is -2.28. The van der Waals surface area contributed by atoms with Gasteiger partial charge in [-0.15, -0.1) is 5.10 Å². The summed E-state index contributed by atoms with van der Waals surface area (Å²) in [5.74, 6) is 0.0101. The van der Waals surface area contributed by atoms with Crippen LogP contribution in [0.5, 0.6) is 0 Å². The summed E-state index contributed by atoms with van der Waals surface area (Å²) in [5.41, 5.74) is 3.22. The Morgan fingerprint density at radius 1 is 0.772 bits per heavy atom. The smallest absolute Gasteiger partial charge is 0.315 e. The molecule has 2 saturated heterocycles. The monoisotopic (exact) mass is 1140 g/mol. The van der Waals surface area contributed by atoms with Crippen molar-refractivity contribution in [2.24, 2.45) is 5.92 Å². The third-order valence-corrected chi connectivity index (χ3v) is 18.1. The minimum Gasteiger partial charge on any atom is -0.390 e. The molecule has 2 aliphatic rings. The fraction of sp³-hybridized carbons (Fsp3) is 0.456. The molecule has 1 unspecified atom stereocenters. The van der Waals surface area contributed by atoms with E-state index < -0.39 is 44.0 Å². The minimum atomic E-state index is -3.88. The van der Waals surface area contributed by atoms with Crippen molar-refractivity contribution >= 4 is 61.2 Å². The third-order valence-electron chi connectivity index (χ3n) is 13.6. The summed E-state index contributed by atoms with van der Waals surface area (Å²) in [6, 6.07) is 29.4. The van der Waals surface area contributed by atoms with E-state index in [1.807, 2.05) is 38.6 Å². The normalized spacial score (nSPS) is 17.1. The van der Waals surface area contributed by atoms with E-state index in [1.165, 1.54) is 27.4 Å². The molecule has 0 spiro atoms. The minimum absolute atomic E-state index is 0.000124. The lowest BCUT2D eigenvalue weighted by molar-refractivity contribution is -0.129. The van der Waals surface area contributed by atoms with Crippen molar-refractivity contribution in [3.05, 3.63) is 143 Å². The van der Waals surface area contributed by atoms with E-state index in [1.54, 1.807) is 104 Å². The number of amides is 5. The van der Waals surface area contributed by atoms with Crippen molar-refractivity contribution in [1.82, 2.24) is 45.9 Å². The molecule has 2 aliphatic heterocycles. The standard InChI is InChI=1S/C49H65N9O8S2.C8H10O2S/c1-33(2)29-57(68(65,66)39-17-9-5-10-18-39)31-42(59)34(3)58-30-38(55-56-58)28-51-48(63)40(27-35-22-24-37(25-23-35)47(62)36-15-7-4-8-16-36)52-45(61)21-11-6-14-26-50-44(60)20-13-12-19-43-46-41(32-67-43)53-49(64)54-46;1-7-3-5-8(6-4-7)11(2,9)10/h4-5,7-10,15-18,22-25,30,33-34,40-43,46,59H,6,11-14,19-21,26-29,31-32H2,1-3H3,(H,50,60)(H,51,63)(H,52,61)(H2,53,54,64);3-6H,1-2H3/t34-,40-,41-,42?,43-,46-;/m0./s1. The molecule has 5 aromatic rings. The van der Waals surface area contributed by atoms with Gasteiger partial charge in [-0.25, -0.2) is 26.3 Å². The van der Waals surface area contributed by atoms with Gasteiger partial charge in [-0.2, -0.15) is 16.1 Å². The van der Waals surface area contributed by atoms with Crippen LogP contribution in [0.25, 0.3) is 0 Å². The molecule has 426 valence electrons. The highest BCUT2D eigenvalue weighted by molar-refractivity contribution is 8.00. The third kappa shape index (κ3) is 19.1. The van der Waals surface area contributed by atoms with Gasteiger partial charge in [0.05, 0.1) is 46.8 Å². The Balaban J connectivity index is 0.000000816. The highest BCUT2D eigenvalue weighted by atomic mass is 32.2. The second kappa shape index (κ2) is 29.7. The number of nitrogens with zero attached hydrogens (tertiary/aromatic N) is 4. The van der Waals surface area contributed by atoms with Gasteiger partial charge in [-0.3, -0.25) is 19.2 Å². The van der Waals surface area contributed by atoms with Crippen LogP contribution in [-0.4, -0.2) is 132 Å². The maximum atomic E-state index is 13.8. The zero-order valence-electron chi connectivity index (χ0n) is 45.5. The van der Waals surface area contributed by atoms with Crippen molar-refractivity contribution in [3.63, 3.8) is 0 Å². The van der Waals surface area contributed by atoms with Crippen LogP contribution in [0.15, 0.2) is 125 Å². The number of aliphatic hydroxyl groups is 1. The molecule has 19 nitrogen and oxygen atoms in total. The second-order valence-electron chi connectivity index (χ2n) is 20.6. The fourth-order valence-electron chi connectivity index (χ4n) is 9.07. The van der Waals surface area contributed by atoms with Crippen molar-refractivity contribution in [3.8, 4) is 0 Å². The number of hydrogen-bond donors (Lipinski definition) is 6. The van der Waals surface area contributed by atoms with Crippen molar-refractivity contribution in [2.75, 3.05) is 31.6 Å². The predicted molar refractivity (Wildman–Crippen MR) is 304 cm³/mol. The first-order valence-corrected chi connectivity index (χ1v) is 31.2. The Labute approximate surface area is 468 Å². The number of unbranched alkanes of at least 4 members (excludes halogenated alkanes) is 3. The van der Waals surface area contributed by atoms with E-state index in [9.17, 15) is 45.9 Å². The lowest BCUT2D eigenvalue weighted by Crippen LogP contribution is -2.47. The Hall–Kier alpha value is -6.46. The zero-order valence-corrected chi connectivity index (χ0v) is 48.0. The number of benzene rings is 4. The highest BCUT2D eigenvalue weighted by Gasteiger charge is 2.42. The molecule has 4 aromatic carbocycles. The number of urea groups is 1. The first kappa shape index (κ1) is 61.7. The number of hydrogen-bond acceptors (Lipinski definition) is 13. The van der Waals surface area contributed by atoms with Crippen LogP contribution in [0, 0.1) is 12.8 Å². The predicted octanol–water partition coefficient (Wildman–Crippen LogP) is 5.92. The summed E-state index contributed by atoms with van der Waals surface area (Å²) >= 11 is 1.87. The molecule has 3 heterocycles. The quantitative estimate of drug-likeness (QED) is 0.0193. The molecular weight excluding hydrogens is 1070 g/mol. The average Bonchev–Trinajstić information content (AvgIpc) is 4.18. The summed E-state index contributed by atoms with van der Waals surface area (Å²) in [7, 11) is -6.90. The number of sulfone groups is 1. The van der Waals surface area contributed by atoms with Crippen LogP contribution in [0.1, 0.15) is 111 Å². The van der Waals surface area contributed by atoms with Crippen molar-refractivity contribution < 1.29 is 45.9 Å². The van der Waals surface area contributed by atoms with Crippen LogP contribution >= 0.6 is 11.8 Å². The van der Waals surface area contributed by atoms with E-state index in [0.29, 0.717) is 59.2 Å². The maximum absolute atomic E-state index is 13.8. The van der Waals surface area contributed by atoms with Gasteiger partial charge in [-0.05, 0) is 75.3 Å². The van der Waals surface area contributed by atoms with Gasteiger partial charge in [0.25, 0.3) is 0 Å². The van der Waals surface area contributed by atoms with E-state index in [4.69, 9.17) is 0 Å². The summed E-state index contributed by atoms with van der Waals surface area (Å²) in [5, 5.41) is 34.7. The number of fused-ring (bicyclic) bond motifs is 1. The summed E-state index contributed by atoms with van der Waals surface area (Å²) in [6.07, 6.45) is 7.00. The number of thioether (sulfide) groups is 1. The first-order chi connectivity index (χ1) is 37.7. The van der Waals surface area contributed by atoms with Gasteiger partial charge in [0.15, 0.2) is 15.6 Å². The Morgan fingerprint density at radius 3 is 2.09 bits per heavy atom. The molecule has 0 radical (unpaired) electrons. The van der Waals surface area contributed by atoms with Gasteiger partial charge in [0.1, 0.15) is 11.7 Å². The first-order valence-electron chi connectivity index (χ1n) is 26.8. The molecule has 2 fully saturated rings. The van der Waals surface area contributed by atoms with Gasteiger partial charge >= 0.3 is 6.03 Å². The van der Waals surface area contributed by atoms with E-state index in [0.717, 1.165) is 36.1 Å². The molecule has 6 N–H and O–H groups in total. The van der Waals surface area contributed by atoms with Crippen LogP contribution in [0.2, 0.25) is 0 Å². The molecule has 5 amide bonds. The van der Waals surface area contributed by atoms with Gasteiger partial charge in [-0.1, -0.05) is 122 Å². The van der Waals surface area contributed by atoms with E-state index in [2.05, 4.69) is 36.9 Å². The number of nitrogens with one attached hydrogen (secondary N) is 5. The molecule has 6 atom stereocenters. The maximum Gasteiger partial charge on any atom is 0.315 e. The van der Waals surface area contributed by atoms with Gasteiger partial charge in [0, 0.05) is 67.3 Å². The van der Waals surface area contributed by atoms with Crippen LogP contribution in [0.3, 0.4) is 0 Å². The molecule has 0 aliphatic carbocycles. The van der Waals surface area contributed by atoms with Crippen molar-refractivity contribution in [2.45, 2.75) is 137 Å². The molecule has 7 rings (SSSR count). The largest absolute Gasteiger partial charge is 0.390 e. The van der Waals surface area contributed by atoms with E-state index >= 15 is 0 Å². The Morgan fingerprint density at radius 2 is 1.42 bits per heavy atom. The zero-order chi connectivity index (χ0) is 57.1. The number of rotatable bonds is 28.